The van der Waals surface area contributed by atoms with Gasteiger partial charge in [0.15, 0.2) is 0 Å². The van der Waals surface area contributed by atoms with Gasteiger partial charge in [-0.2, -0.15) is 5.10 Å². The Hall–Kier alpha value is -2.78. The Balaban J connectivity index is 1.89. The van der Waals surface area contributed by atoms with Gasteiger partial charge in [-0.15, -0.1) is 13.2 Å². The van der Waals surface area contributed by atoms with Gasteiger partial charge < -0.3 is 21.2 Å². The molecular weight excluding hydrogens is 327 g/mol. The van der Waals surface area contributed by atoms with Gasteiger partial charge in [-0.1, -0.05) is 6.07 Å². The van der Waals surface area contributed by atoms with E-state index in [0.717, 1.165) is 25.0 Å². The second-order valence-electron chi connectivity index (χ2n) is 5.03. The maximum absolute atomic E-state index is 12.2. The number of carbonyl (C=O) groups excluding carboxylic acids is 1. The number of nitrogens with zero attached hydrogens (tertiary/aromatic N) is 2. The van der Waals surface area contributed by atoms with Gasteiger partial charge in [0.25, 0.3) is 0 Å². The highest BCUT2D eigenvalue weighted by Crippen LogP contribution is 2.26. The minimum absolute atomic E-state index is 0.0390. The minimum Gasteiger partial charge on any atom is -0.406 e. The zero-order valence-electron chi connectivity index (χ0n) is 12.5. The molecule has 1 aromatic rings. The molecule has 0 heterocycles. The molecule has 1 aliphatic carbocycles. The maximum Gasteiger partial charge on any atom is 0.573 e. The fraction of sp³-hybridized carbons (Fsp3) is 0.357. The summed E-state index contributed by atoms with van der Waals surface area (Å²) in [5.74, 6) is 4.82. The predicted molar refractivity (Wildman–Crippen MR) is 82.5 cm³/mol. The van der Waals surface area contributed by atoms with E-state index < -0.39 is 6.36 Å². The number of rotatable bonds is 6. The minimum atomic E-state index is -4.77. The number of hydrogen-bond acceptors (Lipinski definition) is 5. The van der Waals surface area contributed by atoms with Crippen LogP contribution in [0.2, 0.25) is 0 Å². The van der Waals surface area contributed by atoms with Crippen molar-refractivity contribution in [2.75, 3.05) is 6.54 Å². The maximum atomic E-state index is 12.2. The Morgan fingerprint density at radius 3 is 2.79 bits per heavy atom. The van der Waals surface area contributed by atoms with E-state index in [1.54, 1.807) is 0 Å². The summed E-state index contributed by atoms with van der Waals surface area (Å²) in [6, 6.07) is 5.01. The summed E-state index contributed by atoms with van der Waals surface area (Å²) in [7, 11) is 0. The summed E-state index contributed by atoms with van der Waals surface area (Å²) >= 11 is 0. The van der Waals surface area contributed by atoms with Gasteiger partial charge in [0, 0.05) is 12.1 Å². The number of halogens is 3. The number of amides is 2. The second kappa shape index (κ2) is 7.66. The molecule has 1 aliphatic rings. The normalized spacial score (nSPS) is 15.4. The van der Waals surface area contributed by atoms with E-state index in [-0.39, 0.29) is 35.8 Å². The number of hydrazone groups is 1. The molecule has 10 heteroatoms. The van der Waals surface area contributed by atoms with Crippen molar-refractivity contribution in [2.24, 2.45) is 15.9 Å². The lowest BCUT2D eigenvalue weighted by atomic mass is 10.3. The first-order valence-electron chi connectivity index (χ1n) is 7.07. The summed E-state index contributed by atoms with van der Waals surface area (Å²) < 4.78 is 40.3. The zero-order chi connectivity index (χ0) is 17.6. The third-order valence-corrected chi connectivity index (χ3v) is 2.92. The highest BCUT2D eigenvalue weighted by Gasteiger charge is 2.31. The first-order chi connectivity index (χ1) is 11.4. The van der Waals surface area contributed by atoms with Crippen LogP contribution in [-0.4, -0.2) is 36.9 Å². The van der Waals surface area contributed by atoms with Crippen molar-refractivity contribution < 1.29 is 22.7 Å². The Bertz CT molecular complexity index is 642. The third-order valence-electron chi connectivity index (χ3n) is 2.92. The number of urea groups is 1. The first kappa shape index (κ1) is 17.6. The summed E-state index contributed by atoms with van der Waals surface area (Å²) in [6.45, 7) is 0.0390. The van der Waals surface area contributed by atoms with Gasteiger partial charge in [-0.25, -0.2) is 4.79 Å². The molecule has 24 heavy (non-hydrogen) atoms. The van der Waals surface area contributed by atoms with Crippen LogP contribution in [0.15, 0.2) is 34.4 Å². The van der Waals surface area contributed by atoms with E-state index in [2.05, 4.69) is 25.5 Å². The fourth-order valence-electron chi connectivity index (χ4n) is 1.67. The molecule has 0 radical (unpaired) electrons. The van der Waals surface area contributed by atoms with Crippen molar-refractivity contribution >= 4 is 23.6 Å². The van der Waals surface area contributed by atoms with Crippen LogP contribution in [0, 0.1) is 0 Å². The molecule has 130 valence electrons. The molecule has 2 rings (SSSR count). The number of aliphatic imine (C=N–C) groups is 1. The molecule has 1 fully saturated rings. The molecule has 1 saturated carbocycles. The number of hydrogen-bond donors (Lipinski definition) is 3. The number of nitrogens with two attached hydrogens (primary N) is 1. The number of ether oxygens (including phenoxy) is 1. The van der Waals surface area contributed by atoms with Gasteiger partial charge in [-0.05, 0) is 25.0 Å². The van der Waals surface area contributed by atoms with Crippen molar-refractivity contribution in [3.8, 4) is 5.75 Å². The molecular formula is C14H16F3N5O2. The van der Waals surface area contributed by atoms with Crippen molar-refractivity contribution in [2.45, 2.75) is 25.2 Å². The molecule has 0 aliphatic heterocycles. The third kappa shape index (κ3) is 6.55. The molecule has 0 atom stereocenters. The molecule has 1 aromatic carbocycles. The molecule has 2 amide bonds. The average molecular weight is 343 g/mol. The molecule has 0 unspecified atom stereocenters. The molecule has 4 N–H and O–H groups in total. The summed E-state index contributed by atoms with van der Waals surface area (Å²) in [4.78, 5) is 15.4. The van der Waals surface area contributed by atoms with Gasteiger partial charge in [0.05, 0.1) is 24.2 Å². The van der Waals surface area contributed by atoms with Crippen LogP contribution < -0.4 is 21.2 Å². The lowest BCUT2D eigenvalue weighted by Crippen LogP contribution is -2.40. The predicted octanol–water partition coefficient (Wildman–Crippen LogP) is 2.06. The van der Waals surface area contributed by atoms with E-state index in [4.69, 9.17) is 5.84 Å². The van der Waals surface area contributed by atoms with Gasteiger partial charge in [-0.3, -0.25) is 4.99 Å². The van der Waals surface area contributed by atoms with E-state index in [9.17, 15) is 18.0 Å². The molecule has 0 bridgehead atoms. The van der Waals surface area contributed by atoms with E-state index >= 15 is 0 Å². The van der Waals surface area contributed by atoms with Crippen LogP contribution in [0.5, 0.6) is 5.75 Å². The standard InChI is InChI=1S/C14H16F3N5O2/c15-14(16,17)24-12-3-1-2-10(6-12)19-7-11(22-18)8-20-13(23)21-9-4-5-9/h1-3,6-7,9H,4-5,8,18H2,(H2,20,21,23). The summed E-state index contributed by atoms with van der Waals surface area (Å²) in [5.41, 5.74) is 0.475. The monoisotopic (exact) mass is 343 g/mol. The Morgan fingerprint density at radius 1 is 1.42 bits per heavy atom. The van der Waals surface area contributed by atoms with Crippen LogP contribution in [-0.2, 0) is 0 Å². The largest absolute Gasteiger partial charge is 0.573 e. The quantitative estimate of drug-likeness (QED) is 0.419. The number of alkyl halides is 3. The van der Waals surface area contributed by atoms with Crippen molar-refractivity contribution in [1.82, 2.24) is 10.6 Å². The zero-order valence-corrected chi connectivity index (χ0v) is 12.5. The smallest absolute Gasteiger partial charge is 0.406 e. The van der Waals surface area contributed by atoms with E-state index in [1.165, 1.54) is 18.3 Å². The van der Waals surface area contributed by atoms with Gasteiger partial charge in [0.1, 0.15) is 5.75 Å². The lowest BCUT2D eigenvalue weighted by molar-refractivity contribution is -0.274. The van der Waals surface area contributed by atoms with Gasteiger partial charge >= 0.3 is 12.4 Å². The molecule has 0 spiro atoms. The Morgan fingerprint density at radius 2 is 2.17 bits per heavy atom. The topological polar surface area (TPSA) is 101 Å². The molecule has 0 saturated heterocycles. The lowest BCUT2D eigenvalue weighted by Gasteiger charge is -2.08. The van der Waals surface area contributed by atoms with Crippen LogP contribution in [0.25, 0.3) is 0 Å². The van der Waals surface area contributed by atoms with Crippen LogP contribution in [0.3, 0.4) is 0 Å². The number of carbonyl (C=O) groups is 1. The average Bonchev–Trinajstić information content (AvgIpc) is 3.30. The molecule has 0 aromatic heterocycles. The van der Waals surface area contributed by atoms with Crippen molar-refractivity contribution in [3.05, 3.63) is 24.3 Å². The highest BCUT2D eigenvalue weighted by atomic mass is 19.4. The number of benzene rings is 1. The Labute approximate surface area is 135 Å². The van der Waals surface area contributed by atoms with Crippen molar-refractivity contribution in [1.29, 1.82) is 0 Å². The first-order valence-corrected chi connectivity index (χ1v) is 7.07. The molecule has 7 nitrogen and oxygen atoms in total. The van der Waals surface area contributed by atoms with Crippen molar-refractivity contribution in [3.63, 3.8) is 0 Å². The summed E-state index contributed by atoms with van der Waals surface area (Å²) in [6.07, 6.45) is -1.60. The van der Waals surface area contributed by atoms with Crippen LogP contribution in [0.1, 0.15) is 12.8 Å². The Kier molecular flexibility index (Phi) is 5.61. The van der Waals surface area contributed by atoms with Crippen LogP contribution in [0.4, 0.5) is 23.7 Å². The van der Waals surface area contributed by atoms with E-state index in [1.807, 2.05) is 0 Å². The number of nitrogens with one attached hydrogen (secondary N) is 2. The van der Waals surface area contributed by atoms with Crippen LogP contribution >= 0.6 is 0 Å². The SMILES string of the molecule is NN=C(C=Nc1cccc(OC(F)(F)F)c1)CNC(=O)NC1CC1. The summed E-state index contributed by atoms with van der Waals surface area (Å²) in [5, 5.41) is 8.75. The second-order valence-corrected chi connectivity index (χ2v) is 5.03. The van der Waals surface area contributed by atoms with Gasteiger partial charge in [0.2, 0.25) is 0 Å². The fourth-order valence-corrected chi connectivity index (χ4v) is 1.67. The highest BCUT2D eigenvalue weighted by molar-refractivity contribution is 6.32. The van der Waals surface area contributed by atoms with E-state index in [0.29, 0.717) is 0 Å².